The molecule has 88 valence electrons. The van der Waals surface area contributed by atoms with Crippen molar-refractivity contribution in [3.05, 3.63) is 23.0 Å². The van der Waals surface area contributed by atoms with Crippen LogP contribution in [-0.2, 0) is 11.8 Å². The van der Waals surface area contributed by atoms with Gasteiger partial charge in [0.1, 0.15) is 5.69 Å². The van der Waals surface area contributed by atoms with Crippen molar-refractivity contribution in [3.63, 3.8) is 0 Å². The van der Waals surface area contributed by atoms with E-state index in [0.29, 0.717) is 11.6 Å². The zero-order valence-electron chi connectivity index (χ0n) is 10.5. The first-order valence-electron chi connectivity index (χ1n) is 6.00. The molecule has 2 rings (SSSR count). The number of nitrogens with zero attached hydrogens (tertiary/aromatic N) is 2. The minimum atomic E-state index is -0.395. The van der Waals surface area contributed by atoms with Crippen LogP contribution in [0.4, 0.5) is 4.39 Å². The van der Waals surface area contributed by atoms with Gasteiger partial charge in [-0.3, -0.25) is 4.98 Å². The van der Waals surface area contributed by atoms with E-state index in [1.807, 2.05) is 27.7 Å². The molecule has 0 aromatic carbocycles. The van der Waals surface area contributed by atoms with Crippen molar-refractivity contribution >= 4 is 0 Å². The molecule has 0 atom stereocenters. The lowest BCUT2D eigenvalue weighted by molar-refractivity contribution is 0.471. The topological polar surface area (TPSA) is 25.8 Å². The highest BCUT2D eigenvalue weighted by Gasteiger charge is 2.31. The van der Waals surface area contributed by atoms with Crippen LogP contribution < -0.4 is 0 Å². The van der Waals surface area contributed by atoms with Gasteiger partial charge in [0.2, 0.25) is 5.95 Å². The SMILES string of the molecule is CCc1nc(F)c(C(C)(C)C)nc1C1CC1. The Morgan fingerprint density at radius 3 is 2.31 bits per heavy atom. The monoisotopic (exact) mass is 222 g/mol. The molecule has 2 nitrogen and oxygen atoms in total. The van der Waals surface area contributed by atoms with Crippen LogP contribution >= 0.6 is 0 Å². The molecular weight excluding hydrogens is 203 g/mol. The second-order valence-corrected chi connectivity index (χ2v) is 5.57. The zero-order chi connectivity index (χ0) is 11.9. The van der Waals surface area contributed by atoms with Crippen LogP contribution in [0.3, 0.4) is 0 Å². The summed E-state index contributed by atoms with van der Waals surface area (Å²) in [6, 6.07) is 0. The fourth-order valence-electron chi connectivity index (χ4n) is 1.88. The Labute approximate surface area is 96.3 Å². The number of aryl methyl sites for hydroxylation is 1. The predicted molar refractivity (Wildman–Crippen MR) is 62.0 cm³/mol. The van der Waals surface area contributed by atoms with Gasteiger partial charge in [0, 0.05) is 11.3 Å². The lowest BCUT2D eigenvalue weighted by Crippen LogP contribution is -2.19. The van der Waals surface area contributed by atoms with Crippen LogP contribution in [0, 0.1) is 5.95 Å². The second-order valence-electron chi connectivity index (χ2n) is 5.57. The van der Waals surface area contributed by atoms with Crippen molar-refractivity contribution in [2.45, 2.75) is 58.3 Å². The first-order chi connectivity index (χ1) is 7.43. The molecule has 1 saturated carbocycles. The van der Waals surface area contributed by atoms with E-state index in [1.54, 1.807) is 0 Å². The van der Waals surface area contributed by atoms with Gasteiger partial charge in [-0.2, -0.15) is 4.39 Å². The van der Waals surface area contributed by atoms with E-state index in [9.17, 15) is 4.39 Å². The lowest BCUT2D eigenvalue weighted by Gasteiger charge is -2.20. The summed E-state index contributed by atoms with van der Waals surface area (Å²) in [6.45, 7) is 7.93. The number of halogens is 1. The number of hydrogen-bond acceptors (Lipinski definition) is 2. The van der Waals surface area contributed by atoms with Crippen LogP contribution in [0.15, 0.2) is 0 Å². The average Bonchev–Trinajstić information content (AvgIpc) is 2.98. The summed E-state index contributed by atoms with van der Waals surface area (Å²) in [5, 5.41) is 0. The Morgan fingerprint density at radius 1 is 1.25 bits per heavy atom. The van der Waals surface area contributed by atoms with Crippen LogP contribution in [-0.4, -0.2) is 9.97 Å². The van der Waals surface area contributed by atoms with Gasteiger partial charge in [0.25, 0.3) is 0 Å². The molecule has 0 radical (unpaired) electrons. The Morgan fingerprint density at radius 2 is 1.88 bits per heavy atom. The van der Waals surface area contributed by atoms with Gasteiger partial charge in [0.05, 0.1) is 11.4 Å². The summed E-state index contributed by atoms with van der Waals surface area (Å²) in [5.74, 6) is 0.137. The van der Waals surface area contributed by atoms with Crippen LogP contribution in [0.25, 0.3) is 0 Å². The smallest absolute Gasteiger partial charge is 0.235 e. The Balaban J connectivity index is 2.51. The highest BCUT2D eigenvalue weighted by molar-refractivity contribution is 5.25. The molecule has 0 saturated heterocycles. The van der Waals surface area contributed by atoms with E-state index in [1.165, 1.54) is 12.8 Å². The van der Waals surface area contributed by atoms with E-state index in [0.717, 1.165) is 17.8 Å². The highest BCUT2D eigenvalue weighted by Crippen LogP contribution is 2.41. The fourth-order valence-corrected chi connectivity index (χ4v) is 1.88. The molecule has 0 bridgehead atoms. The summed E-state index contributed by atoms with van der Waals surface area (Å²) in [6.07, 6.45) is 3.12. The normalized spacial score (nSPS) is 16.6. The first kappa shape index (κ1) is 11.5. The summed E-state index contributed by atoms with van der Waals surface area (Å²) >= 11 is 0. The minimum absolute atomic E-state index is 0.271. The number of aromatic nitrogens is 2. The molecule has 1 aromatic heterocycles. The third-order valence-electron chi connectivity index (χ3n) is 2.97. The molecule has 0 N–H and O–H groups in total. The Hall–Kier alpha value is -0.990. The van der Waals surface area contributed by atoms with Crippen molar-refractivity contribution in [2.75, 3.05) is 0 Å². The molecule has 0 aliphatic heterocycles. The van der Waals surface area contributed by atoms with Gasteiger partial charge < -0.3 is 0 Å². The van der Waals surface area contributed by atoms with E-state index < -0.39 is 5.95 Å². The molecule has 0 amide bonds. The Kier molecular flexibility index (Phi) is 2.72. The third-order valence-corrected chi connectivity index (χ3v) is 2.97. The molecule has 0 unspecified atom stereocenters. The summed E-state index contributed by atoms with van der Waals surface area (Å²) in [4.78, 5) is 8.63. The number of rotatable bonds is 2. The second kappa shape index (κ2) is 3.79. The molecule has 16 heavy (non-hydrogen) atoms. The number of hydrogen-bond donors (Lipinski definition) is 0. The summed E-state index contributed by atoms with van der Waals surface area (Å²) < 4.78 is 13.8. The average molecular weight is 222 g/mol. The predicted octanol–water partition coefficient (Wildman–Crippen LogP) is 3.35. The fraction of sp³-hybridized carbons (Fsp3) is 0.692. The van der Waals surface area contributed by atoms with Gasteiger partial charge in [0.15, 0.2) is 0 Å². The molecule has 1 aliphatic carbocycles. The van der Waals surface area contributed by atoms with Crippen LogP contribution in [0.1, 0.15) is 63.5 Å². The van der Waals surface area contributed by atoms with Gasteiger partial charge in [-0.1, -0.05) is 27.7 Å². The summed E-state index contributed by atoms with van der Waals surface area (Å²) in [5.41, 5.74) is 2.11. The van der Waals surface area contributed by atoms with Crippen LogP contribution in [0.2, 0.25) is 0 Å². The Bertz CT molecular complexity index is 403. The van der Waals surface area contributed by atoms with Gasteiger partial charge in [-0.15, -0.1) is 0 Å². The zero-order valence-corrected chi connectivity index (χ0v) is 10.5. The maximum Gasteiger partial charge on any atom is 0.235 e. The lowest BCUT2D eigenvalue weighted by atomic mass is 9.92. The first-order valence-corrected chi connectivity index (χ1v) is 6.00. The van der Waals surface area contributed by atoms with Crippen molar-refractivity contribution < 1.29 is 4.39 Å². The van der Waals surface area contributed by atoms with Crippen LogP contribution in [0.5, 0.6) is 0 Å². The highest BCUT2D eigenvalue weighted by atomic mass is 19.1. The molecule has 1 heterocycles. The van der Waals surface area contributed by atoms with E-state index in [4.69, 9.17) is 0 Å². The van der Waals surface area contributed by atoms with E-state index >= 15 is 0 Å². The van der Waals surface area contributed by atoms with E-state index in [-0.39, 0.29) is 5.41 Å². The quantitative estimate of drug-likeness (QED) is 0.766. The van der Waals surface area contributed by atoms with Crippen molar-refractivity contribution in [2.24, 2.45) is 0 Å². The molecule has 1 aromatic rings. The van der Waals surface area contributed by atoms with E-state index in [2.05, 4.69) is 9.97 Å². The van der Waals surface area contributed by atoms with Crippen molar-refractivity contribution in [1.29, 1.82) is 0 Å². The third kappa shape index (κ3) is 2.08. The van der Waals surface area contributed by atoms with Gasteiger partial charge in [-0.25, -0.2) is 4.98 Å². The van der Waals surface area contributed by atoms with Crippen molar-refractivity contribution in [1.82, 2.24) is 9.97 Å². The summed E-state index contributed by atoms with van der Waals surface area (Å²) in [7, 11) is 0. The molecule has 3 heteroatoms. The molecule has 0 spiro atoms. The molecule has 1 fully saturated rings. The standard InChI is InChI=1S/C13H19FN2/c1-5-9-10(8-6-7-8)16-11(12(14)15-9)13(2,3)4/h8H,5-7H2,1-4H3. The van der Waals surface area contributed by atoms with Gasteiger partial charge in [-0.05, 0) is 19.3 Å². The van der Waals surface area contributed by atoms with Crippen molar-refractivity contribution in [3.8, 4) is 0 Å². The maximum atomic E-state index is 13.8. The largest absolute Gasteiger partial charge is 0.250 e. The maximum absolute atomic E-state index is 13.8. The van der Waals surface area contributed by atoms with Gasteiger partial charge >= 0.3 is 0 Å². The minimum Gasteiger partial charge on any atom is -0.250 e. The molecular formula is C13H19FN2. The molecule has 1 aliphatic rings.